The molecule has 4 heteroatoms. The summed E-state index contributed by atoms with van der Waals surface area (Å²) in [5, 5.41) is 1.97. The van der Waals surface area contributed by atoms with Gasteiger partial charge >= 0.3 is 0 Å². The number of rotatable bonds is 8. The van der Waals surface area contributed by atoms with Gasteiger partial charge in [-0.3, -0.25) is 0 Å². The smallest absolute Gasteiger partial charge is 0.0667 e. The molecule has 0 saturated carbocycles. The zero-order valence-electron chi connectivity index (χ0n) is 66.9. The van der Waals surface area contributed by atoms with Crippen molar-refractivity contribution in [2.45, 2.75) is 81.5 Å². The van der Waals surface area contributed by atoms with Gasteiger partial charge in [-0.05, 0) is 164 Å². The molecule has 4 atom stereocenters. The van der Waals surface area contributed by atoms with Crippen LogP contribution in [0.25, 0.3) is 77.7 Å². The van der Waals surface area contributed by atoms with E-state index in [0.29, 0.717) is 39.2 Å². The van der Waals surface area contributed by atoms with Crippen LogP contribution in [0.2, 0.25) is 0 Å². The van der Waals surface area contributed by atoms with Crippen LogP contribution in [-0.4, -0.2) is 9.13 Å². The standard InChI is InChI=1S/C95H72N4/c1-95(2,3)64-52-87-90-88(53-64)99(92-71(60-30-12-6-13-31-60)42-25-43-72(92)61-32-14-7-15-33-61)86-55-66(97-84-45-23-21-39-74(84)82-57-78-68-37-19-17-35-63(68)51-80(78)94(82)97)47-49-76(86)89(90)75-48-46-65(96-83-44-22-20-38-73(83)81-56-77-67-36-18-16-34-62(67)50-79(77)93(81)96)54-85(75)98(87)91-69(58-26-8-4-9-27-58)40-24-41-70(91)59-28-10-5-11-29-59/h4-49,52-55,77-80,89H,50-51,56-57H2,1-3H3/i24D,25D,40D,41D,42D,43D,46D,47D,48D,49D,54D,55D. The molecule has 4 heterocycles. The lowest BCUT2D eigenvalue weighted by atomic mass is 9.73. The van der Waals surface area contributed by atoms with Crippen molar-refractivity contribution in [1.29, 1.82) is 0 Å². The molecule has 15 aromatic rings. The molecule has 4 unspecified atom stereocenters. The second-order valence-electron chi connectivity index (χ2n) is 28.7. The zero-order valence-corrected chi connectivity index (χ0v) is 54.9. The molecular weight excluding hydrogens is 1200 g/mol. The Bertz CT molecular complexity index is 6060. The molecule has 0 fully saturated rings. The normalized spacial score (nSPS) is 19.6. The van der Waals surface area contributed by atoms with E-state index in [2.05, 4.69) is 103 Å². The summed E-state index contributed by atoms with van der Waals surface area (Å²) in [5.74, 6) is -1.26. The maximum atomic E-state index is 11.8. The molecule has 99 heavy (non-hydrogen) atoms. The summed E-state index contributed by atoms with van der Waals surface area (Å²) in [4.78, 5) is 3.88. The molecule has 0 saturated heterocycles. The van der Waals surface area contributed by atoms with Crippen LogP contribution in [-0.2, 0) is 31.1 Å². The lowest BCUT2D eigenvalue weighted by Gasteiger charge is -2.47. The second-order valence-corrected chi connectivity index (χ2v) is 28.7. The summed E-state index contributed by atoms with van der Waals surface area (Å²) in [5.41, 5.74) is 16.4. The van der Waals surface area contributed by atoms with Gasteiger partial charge in [0, 0.05) is 79.1 Å². The molecule has 0 spiro atoms. The van der Waals surface area contributed by atoms with Crippen LogP contribution in [0.5, 0.6) is 0 Å². The van der Waals surface area contributed by atoms with Gasteiger partial charge in [0.15, 0.2) is 0 Å². The number of fused-ring (bicyclic) bond motifs is 18. The molecule has 21 rings (SSSR count). The summed E-state index contributed by atoms with van der Waals surface area (Å²) in [6.45, 7) is 6.33. The lowest BCUT2D eigenvalue weighted by molar-refractivity contribution is 0.590. The van der Waals surface area contributed by atoms with Crippen LogP contribution in [0.3, 0.4) is 0 Å². The third-order valence-corrected chi connectivity index (χ3v) is 22.6. The largest absolute Gasteiger partial charge is 0.313 e. The van der Waals surface area contributed by atoms with E-state index in [1.54, 1.807) is 0 Å². The van der Waals surface area contributed by atoms with Gasteiger partial charge in [0.05, 0.1) is 61.6 Å². The van der Waals surface area contributed by atoms with Crippen molar-refractivity contribution >= 4 is 55.9 Å². The van der Waals surface area contributed by atoms with E-state index in [-0.39, 0.29) is 164 Å². The Hall–Kier alpha value is -11.5. The van der Waals surface area contributed by atoms with Crippen molar-refractivity contribution in [3.63, 3.8) is 0 Å². The van der Waals surface area contributed by atoms with Crippen molar-refractivity contribution in [1.82, 2.24) is 9.13 Å². The number of aromatic nitrogens is 2. The van der Waals surface area contributed by atoms with E-state index in [0.717, 1.165) is 75.6 Å². The molecule has 13 aromatic carbocycles. The molecule has 0 N–H and O–H groups in total. The zero-order chi connectivity index (χ0) is 75.8. The molecule has 6 aliphatic rings. The van der Waals surface area contributed by atoms with Gasteiger partial charge in [-0.1, -0.05) is 275 Å². The van der Waals surface area contributed by atoms with Crippen molar-refractivity contribution < 1.29 is 16.4 Å². The first kappa shape index (κ1) is 45.9. The Morgan fingerprint density at radius 1 is 0.354 bits per heavy atom. The van der Waals surface area contributed by atoms with Gasteiger partial charge in [0.1, 0.15) is 0 Å². The van der Waals surface area contributed by atoms with Crippen LogP contribution < -0.4 is 9.80 Å². The maximum absolute atomic E-state index is 11.8. The topological polar surface area (TPSA) is 16.3 Å². The summed E-state index contributed by atoms with van der Waals surface area (Å²) < 4.78 is 135. The average molecular weight is 1280 g/mol. The number of para-hydroxylation sites is 4. The molecule has 4 aliphatic carbocycles. The third-order valence-electron chi connectivity index (χ3n) is 22.6. The van der Waals surface area contributed by atoms with Gasteiger partial charge in [-0.2, -0.15) is 0 Å². The molecule has 2 aromatic heterocycles. The summed E-state index contributed by atoms with van der Waals surface area (Å²) in [7, 11) is 0. The van der Waals surface area contributed by atoms with Gasteiger partial charge in [0.2, 0.25) is 0 Å². The fourth-order valence-corrected chi connectivity index (χ4v) is 18.4. The number of hydrogen-bond acceptors (Lipinski definition) is 2. The highest BCUT2D eigenvalue weighted by Gasteiger charge is 2.48. The highest BCUT2D eigenvalue weighted by molar-refractivity contribution is 6.07. The number of nitrogens with zero attached hydrogens (tertiary/aromatic N) is 4. The lowest BCUT2D eigenvalue weighted by Crippen LogP contribution is -2.31. The quantitative estimate of drug-likeness (QED) is 0.151. The van der Waals surface area contributed by atoms with Gasteiger partial charge in [-0.25, -0.2) is 0 Å². The average Bonchev–Trinajstić information content (AvgIpc) is 1.48. The molecule has 0 bridgehead atoms. The van der Waals surface area contributed by atoms with E-state index < -0.39 is 11.3 Å². The van der Waals surface area contributed by atoms with Crippen molar-refractivity contribution in [3.8, 4) is 55.9 Å². The maximum Gasteiger partial charge on any atom is 0.0667 e. The second kappa shape index (κ2) is 21.5. The molecule has 0 radical (unpaired) electrons. The van der Waals surface area contributed by atoms with Gasteiger partial charge in [0.25, 0.3) is 0 Å². The van der Waals surface area contributed by atoms with E-state index in [1.807, 2.05) is 168 Å². The number of anilines is 6. The van der Waals surface area contributed by atoms with E-state index in [4.69, 9.17) is 0 Å². The molecule has 4 nitrogen and oxygen atoms in total. The first-order chi connectivity index (χ1) is 53.8. The Morgan fingerprint density at radius 3 is 1.11 bits per heavy atom. The minimum absolute atomic E-state index is 0.0619. The molecule has 472 valence electrons. The van der Waals surface area contributed by atoms with E-state index in [1.165, 1.54) is 22.3 Å². The number of benzene rings is 13. The fourth-order valence-electron chi connectivity index (χ4n) is 18.4. The van der Waals surface area contributed by atoms with Crippen molar-refractivity contribution in [2.24, 2.45) is 0 Å². The van der Waals surface area contributed by atoms with Gasteiger partial charge < -0.3 is 18.9 Å². The third kappa shape index (κ3) is 8.33. The molecule has 0 amide bonds. The first-order valence-electron chi connectivity index (χ1n) is 40.8. The summed E-state index contributed by atoms with van der Waals surface area (Å²) in [6.07, 6.45) is 2.88. The highest BCUT2D eigenvalue weighted by Crippen LogP contribution is 2.66. The summed E-state index contributed by atoms with van der Waals surface area (Å²) >= 11 is 0. The monoisotopic (exact) mass is 1280 g/mol. The first-order valence-corrected chi connectivity index (χ1v) is 34.8. The van der Waals surface area contributed by atoms with Crippen molar-refractivity contribution in [2.75, 3.05) is 9.80 Å². The Morgan fingerprint density at radius 2 is 0.717 bits per heavy atom. The van der Waals surface area contributed by atoms with Crippen molar-refractivity contribution in [3.05, 3.63) is 370 Å². The Labute approximate surface area is 595 Å². The predicted molar refractivity (Wildman–Crippen MR) is 410 cm³/mol. The van der Waals surface area contributed by atoms with E-state index in [9.17, 15) is 16.4 Å². The van der Waals surface area contributed by atoms with Gasteiger partial charge in [-0.15, -0.1) is 0 Å². The SMILES string of the molecule is [2H]c1c([2H])c(-c2ccccc2)c(N2c3cc(C(C)(C)C)cc4c3C(c3c([2H])c([2H])c(-n5c6c(c7ccccc75)CC5c7ccccc7CC65)c([2H])c32)c2c([2H])c([2H])c(-n3c5c(c6ccccc63)CC3c6ccccc6CC53)c([2H])c2N4c2c(-c3ccccc3)c([2H])c([2H])c([2H])c2-c2ccccc2)c(-c2ccccc2)c1[2H]. The van der Waals surface area contributed by atoms with Crippen LogP contribution >= 0.6 is 0 Å². The van der Waals surface area contributed by atoms with Crippen LogP contribution in [0.4, 0.5) is 34.1 Å². The van der Waals surface area contributed by atoms with Crippen LogP contribution in [0.15, 0.2) is 303 Å². The van der Waals surface area contributed by atoms with E-state index >= 15 is 0 Å². The minimum atomic E-state index is -1.35. The fraction of sp³-hybridized carbons (Fsp3) is 0.137. The Balaban J connectivity index is 0.975. The highest BCUT2D eigenvalue weighted by atomic mass is 15.2. The minimum Gasteiger partial charge on any atom is -0.313 e. The van der Waals surface area contributed by atoms with Crippen LogP contribution in [0, 0.1) is 0 Å². The molecular formula is C95H72N4. The predicted octanol–water partition coefficient (Wildman–Crippen LogP) is 24.2. The summed E-state index contributed by atoms with van der Waals surface area (Å²) in [6, 6.07) is 72.2. The Kier molecular flexibility index (Phi) is 9.97. The number of hydrogen-bond donors (Lipinski definition) is 0. The molecule has 2 aliphatic heterocycles. The van der Waals surface area contributed by atoms with Crippen LogP contribution in [0.1, 0.15) is 134 Å².